The van der Waals surface area contributed by atoms with Gasteiger partial charge < -0.3 is 21.4 Å². The highest BCUT2D eigenvalue weighted by Crippen LogP contribution is 2.24. The number of nitrogens with one attached hydrogen (secondary N) is 2. The van der Waals surface area contributed by atoms with Gasteiger partial charge in [-0.2, -0.15) is 10.4 Å². The number of likely N-dealkylation sites (tertiary alicyclic amines) is 1. The van der Waals surface area contributed by atoms with Crippen molar-refractivity contribution in [3.05, 3.63) is 59.6 Å². The summed E-state index contributed by atoms with van der Waals surface area (Å²) in [7, 11) is 0. The minimum absolute atomic E-state index is 0.0709. The summed E-state index contributed by atoms with van der Waals surface area (Å²) < 4.78 is 0. The Kier molecular flexibility index (Phi) is 8.32. The number of nitriles is 1. The number of nitrogens with two attached hydrogens (primary N) is 1. The summed E-state index contributed by atoms with van der Waals surface area (Å²) in [5, 5.41) is 18.6. The molecule has 0 spiro atoms. The summed E-state index contributed by atoms with van der Waals surface area (Å²) in [5.74, 6) is 3.25. The molecule has 34 heavy (non-hydrogen) atoms. The average molecular weight is 480 g/mol. The van der Waals surface area contributed by atoms with E-state index in [1.165, 1.54) is 11.1 Å². The zero-order valence-electron chi connectivity index (χ0n) is 18.0. The highest BCUT2D eigenvalue weighted by Gasteiger charge is 2.38. The topological polar surface area (TPSA) is 153 Å². The van der Waals surface area contributed by atoms with Crippen LogP contribution in [0.1, 0.15) is 6.42 Å². The van der Waals surface area contributed by atoms with Gasteiger partial charge in [0.05, 0.1) is 30.4 Å². The molecule has 1 aliphatic heterocycles. The van der Waals surface area contributed by atoms with E-state index < -0.39 is 30.3 Å². The number of amides is 3. The van der Waals surface area contributed by atoms with E-state index in [0.717, 1.165) is 0 Å². The van der Waals surface area contributed by atoms with Crippen LogP contribution < -0.4 is 16.5 Å². The molecule has 0 aliphatic carbocycles. The van der Waals surface area contributed by atoms with Gasteiger partial charge in [0.25, 0.3) is 5.91 Å². The average Bonchev–Trinajstić information content (AvgIpc) is 3.29. The molecule has 2 unspecified atom stereocenters. The molecule has 174 valence electrons. The summed E-state index contributed by atoms with van der Waals surface area (Å²) in [5.41, 5.74) is 0.969. The first-order valence-electron chi connectivity index (χ1n) is 10.3. The molecule has 1 aliphatic rings. The Morgan fingerprint density at radius 2 is 1.88 bits per heavy atom. The Morgan fingerprint density at radius 3 is 2.53 bits per heavy atom. The number of carbonyl (C=O) groups excluding carboxylic acids is 3. The molecule has 3 rings (SSSR count). The van der Waals surface area contributed by atoms with Crippen LogP contribution in [-0.2, 0) is 14.4 Å². The number of anilines is 1. The van der Waals surface area contributed by atoms with E-state index in [2.05, 4.69) is 20.7 Å². The number of hydrogen-bond acceptors (Lipinski definition) is 7. The number of carbonyl (C=O) groups is 3. The zero-order valence-corrected chi connectivity index (χ0v) is 18.8. The van der Waals surface area contributed by atoms with Crippen LogP contribution in [0.2, 0.25) is 5.02 Å². The maximum absolute atomic E-state index is 12.7. The van der Waals surface area contributed by atoms with Gasteiger partial charge in [0.2, 0.25) is 11.8 Å². The van der Waals surface area contributed by atoms with Crippen LogP contribution in [0.5, 0.6) is 0 Å². The molecule has 1 fully saturated rings. The molecule has 1 heterocycles. The van der Waals surface area contributed by atoms with Crippen LogP contribution in [0, 0.1) is 17.2 Å². The lowest BCUT2D eigenvalue weighted by Crippen LogP contribution is -2.44. The van der Waals surface area contributed by atoms with E-state index >= 15 is 0 Å². The SMILES string of the molecule is N#CC1CC(C(=O)Nc2ccccc2)CN1C(=O)CNC(=O)C(C=Nc1ccc(Cl)cc1)=NN. The molecule has 11 heteroatoms. The molecule has 2 atom stereocenters. The minimum Gasteiger partial charge on any atom is -0.342 e. The maximum atomic E-state index is 12.7. The highest BCUT2D eigenvalue weighted by atomic mass is 35.5. The second kappa shape index (κ2) is 11.6. The summed E-state index contributed by atoms with van der Waals surface area (Å²) in [4.78, 5) is 43.0. The molecule has 3 amide bonds. The van der Waals surface area contributed by atoms with Crippen LogP contribution >= 0.6 is 11.6 Å². The van der Waals surface area contributed by atoms with Crippen molar-refractivity contribution in [1.29, 1.82) is 5.26 Å². The first-order valence-corrected chi connectivity index (χ1v) is 10.7. The third-order valence-electron chi connectivity index (χ3n) is 5.12. The fourth-order valence-corrected chi connectivity index (χ4v) is 3.48. The summed E-state index contributed by atoms with van der Waals surface area (Å²) >= 11 is 5.82. The van der Waals surface area contributed by atoms with Crippen molar-refractivity contribution >= 4 is 52.6 Å². The lowest BCUT2D eigenvalue weighted by atomic mass is 10.1. The number of rotatable bonds is 7. The predicted molar refractivity (Wildman–Crippen MR) is 129 cm³/mol. The standard InChI is InChI=1S/C23H22ClN7O3/c24-16-6-8-17(9-7-16)27-12-20(30-26)23(34)28-13-21(32)31-14-15(10-19(31)11-25)22(33)29-18-4-2-1-3-5-18/h1-9,12,15,19H,10,13-14,26H2,(H,28,34)(H,29,33). The lowest BCUT2D eigenvalue weighted by Gasteiger charge is -2.19. The van der Waals surface area contributed by atoms with Crippen LogP contribution in [0.4, 0.5) is 11.4 Å². The van der Waals surface area contributed by atoms with E-state index in [1.807, 2.05) is 12.1 Å². The van der Waals surface area contributed by atoms with E-state index in [1.54, 1.807) is 48.5 Å². The molecule has 2 aromatic carbocycles. The molecular weight excluding hydrogens is 458 g/mol. The number of hydrazone groups is 1. The fourth-order valence-electron chi connectivity index (χ4n) is 3.35. The Balaban J connectivity index is 1.55. The Morgan fingerprint density at radius 1 is 1.18 bits per heavy atom. The number of nitrogens with zero attached hydrogens (tertiary/aromatic N) is 4. The molecule has 0 bridgehead atoms. The molecule has 2 aromatic rings. The predicted octanol–water partition coefficient (Wildman–Crippen LogP) is 1.85. The zero-order chi connectivity index (χ0) is 24.5. The number of benzene rings is 2. The third kappa shape index (κ3) is 6.40. The second-order valence-electron chi connectivity index (χ2n) is 7.41. The van der Waals surface area contributed by atoms with Gasteiger partial charge in [-0.25, -0.2) is 0 Å². The van der Waals surface area contributed by atoms with Gasteiger partial charge in [-0.1, -0.05) is 29.8 Å². The monoisotopic (exact) mass is 479 g/mol. The smallest absolute Gasteiger partial charge is 0.273 e. The van der Waals surface area contributed by atoms with Gasteiger partial charge >= 0.3 is 0 Å². The first kappa shape index (κ1) is 24.4. The van der Waals surface area contributed by atoms with E-state index in [4.69, 9.17) is 17.4 Å². The van der Waals surface area contributed by atoms with E-state index in [9.17, 15) is 19.6 Å². The van der Waals surface area contributed by atoms with Gasteiger partial charge in [0.1, 0.15) is 6.04 Å². The van der Waals surface area contributed by atoms with Crippen molar-refractivity contribution < 1.29 is 14.4 Å². The Hall–Kier alpha value is -4.23. The van der Waals surface area contributed by atoms with Crippen molar-refractivity contribution in [2.24, 2.45) is 21.9 Å². The van der Waals surface area contributed by atoms with Crippen molar-refractivity contribution in [3.8, 4) is 6.07 Å². The van der Waals surface area contributed by atoms with Gasteiger partial charge in [-0.15, -0.1) is 0 Å². The normalized spacial score (nSPS) is 17.9. The van der Waals surface area contributed by atoms with Gasteiger partial charge in [-0.3, -0.25) is 19.4 Å². The highest BCUT2D eigenvalue weighted by molar-refractivity contribution is 6.60. The Labute approximate surface area is 201 Å². The van der Waals surface area contributed by atoms with Gasteiger partial charge in [0, 0.05) is 17.3 Å². The molecular formula is C23H22ClN7O3. The maximum Gasteiger partial charge on any atom is 0.273 e. The fraction of sp³-hybridized carbons (Fsp3) is 0.217. The number of aliphatic imine (C=N–C) groups is 1. The number of halogens is 1. The molecule has 1 saturated heterocycles. The van der Waals surface area contributed by atoms with E-state index in [-0.39, 0.29) is 24.6 Å². The van der Waals surface area contributed by atoms with Crippen LogP contribution in [0.15, 0.2) is 64.7 Å². The van der Waals surface area contributed by atoms with Crippen molar-refractivity contribution in [3.63, 3.8) is 0 Å². The lowest BCUT2D eigenvalue weighted by molar-refractivity contribution is -0.132. The van der Waals surface area contributed by atoms with Crippen LogP contribution in [0.25, 0.3) is 0 Å². The number of hydrogen-bond donors (Lipinski definition) is 3. The first-order chi connectivity index (χ1) is 16.4. The van der Waals surface area contributed by atoms with Crippen LogP contribution in [0.3, 0.4) is 0 Å². The number of para-hydroxylation sites is 1. The largest absolute Gasteiger partial charge is 0.342 e. The van der Waals surface area contributed by atoms with Crippen molar-refractivity contribution in [2.75, 3.05) is 18.4 Å². The van der Waals surface area contributed by atoms with Crippen molar-refractivity contribution in [1.82, 2.24) is 10.2 Å². The molecule has 10 nitrogen and oxygen atoms in total. The molecule has 0 radical (unpaired) electrons. The van der Waals surface area contributed by atoms with Crippen molar-refractivity contribution in [2.45, 2.75) is 12.5 Å². The summed E-state index contributed by atoms with van der Waals surface area (Å²) in [6, 6.07) is 16.8. The minimum atomic E-state index is -0.773. The van der Waals surface area contributed by atoms with E-state index in [0.29, 0.717) is 16.4 Å². The second-order valence-corrected chi connectivity index (χ2v) is 7.85. The quantitative estimate of drug-likeness (QED) is 0.314. The summed E-state index contributed by atoms with van der Waals surface area (Å²) in [6.07, 6.45) is 1.37. The summed E-state index contributed by atoms with van der Waals surface area (Å²) in [6.45, 7) is -0.320. The molecule has 4 N–H and O–H groups in total. The third-order valence-corrected chi connectivity index (χ3v) is 5.37. The van der Waals surface area contributed by atoms with Crippen LogP contribution in [-0.4, -0.2) is 53.7 Å². The Bertz CT molecular complexity index is 1140. The van der Waals surface area contributed by atoms with Gasteiger partial charge in [-0.05, 0) is 42.8 Å². The molecule has 0 aromatic heterocycles. The molecule has 0 saturated carbocycles. The van der Waals surface area contributed by atoms with Gasteiger partial charge in [0.15, 0.2) is 5.71 Å².